The summed E-state index contributed by atoms with van der Waals surface area (Å²) in [5.74, 6) is -2.51. The maximum absolute atomic E-state index is 13.2. The molecule has 1 fully saturated rings. The Kier molecular flexibility index (Phi) is 7.16. The molecule has 8 heteroatoms. The molecule has 4 rings (SSSR count). The molecule has 0 spiro atoms. The Morgan fingerprint density at radius 3 is 2.41 bits per heavy atom. The van der Waals surface area contributed by atoms with Crippen LogP contribution in [0, 0.1) is 18.7 Å². The number of thiophene rings is 1. The van der Waals surface area contributed by atoms with Crippen LogP contribution < -0.4 is 0 Å². The minimum Gasteiger partial charge on any atom is -0.481 e. The van der Waals surface area contributed by atoms with Crippen molar-refractivity contribution in [2.24, 2.45) is 5.92 Å². The molecule has 1 aliphatic rings. The summed E-state index contributed by atoms with van der Waals surface area (Å²) < 4.78 is 19.1. The van der Waals surface area contributed by atoms with Crippen molar-refractivity contribution in [3.05, 3.63) is 82.0 Å². The van der Waals surface area contributed by atoms with E-state index in [9.17, 15) is 29.6 Å². The van der Waals surface area contributed by atoms with E-state index in [1.54, 1.807) is 29.5 Å². The van der Waals surface area contributed by atoms with Gasteiger partial charge in [0.1, 0.15) is 30.2 Å². The largest absolute Gasteiger partial charge is 0.481 e. The SMILES string of the molecule is Cc1ccc([C@@H]2O[C@H](C(C)C(=O)O)[C@@H](O)[C@@H](O)[C@H]2O)cc1Cc1ccc(-c2ccc(F)cc2)s1. The van der Waals surface area contributed by atoms with Crippen molar-refractivity contribution in [1.29, 1.82) is 0 Å². The average molecular weight is 487 g/mol. The van der Waals surface area contributed by atoms with Crippen LogP contribution in [0.4, 0.5) is 4.39 Å². The molecule has 0 saturated carbocycles. The van der Waals surface area contributed by atoms with Crippen molar-refractivity contribution >= 4 is 17.3 Å². The van der Waals surface area contributed by atoms with Crippen molar-refractivity contribution < 1.29 is 34.3 Å². The third kappa shape index (κ3) is 4.92. The summed E-state index contributed by atoms with van der Waals surface area (Å²) in [4.78, 5) is 13.6. The molecule has 6 atom stereocenters. The molecule has 0 radical (unpaired) electrons. The first-order valence-corrected chi connectivity index (χ1v) is 11.8. The van der Waals surface area contributed by atoms with Gasteiger partial charge in [-0.15, -0.1) is 11.3 Å². The van der Waals surface area contributed by atoms with Gasteiger partial charge in [0.25, 0.3) is 0 Å². The van der Waals surface area contributed by atoms with Gasteiger partial charge >= 0.3 is 5.97 Å². The molecular weight excluding hydrogens is 459 g/mol. The molecule has 0 amide bonds. The first kappa shape index (κ1) is 24.5. The first-order chi connectivity index (χ1) is 16.2. The highest BCUT2D eigenvalue weighted by molar-refractivity contribution is 7.15. The van der Waals surface area contributed by atoms with Crippen LogP contribution in [0.1, 0.15) is 34.6 Å². The molecule has 1 unspecified atom stereocenters. The molecule has 6 nitrogen and oxygen atoms in total. The van der Waals surface area contributed by atoms with Crippen molar-refractivity contribution in [3.8, 4) is 10.4 Å². The quantitative estimate of drug-likeness (QED) is 0.423. The summed E-state index contributed by atoms with van der Waals surface area (Å²) in [7, 11) is 0. The standard InChI is InChI=1S/C26H27FO6S/c1-13-3-4-16(25-23(30)21(28)22(29)24(33-25)14(2)26(31)32)11-17(13)12-19-9-10-20(34-19)15-5-7-18(27)8-6-15/h3-11,14,21-25,28-30H,12H2,1-2H3,(H,31,32)/t14?,21-,22+,23-,24-,25+/m1/s1. The van der Waals surface area contributed by atoms with E-state index < -0.39 is 42.4 Å². The number of aliphatic hydroxyl groups is 3. The molecule has 4 N–H and O–H groups in total. The number of hydrogen-bond acceptors (Lipinski definition) is 6. The topological polar surface area (TPSA) is 107 Å². The number of aliphatic carboxylic acids is 1. The summed E-state index contributed by atoms with van der Waals surface area (Å²) in [6.45, 7) is 3.37. The second-order valence-electron chi connectivity index (χ2n) is 8.76. The lowest BCUT2D eigenvalue weighted by molar-refractivity contribution is -0.237. The van der Waals surface area contributed by atoms with E-state index in [4.69, 9.17) is 4.74 Å². The molecule has 0 bridgehead atoms. The Labute approximate surface area is 200 Å². The van der Waals surface area contributed by atoms with Gasteiger partial charge in [0, 0.05) is 16.2 Å². The molecule has 2 aromatic carbocycles. The molecule has 0 aliphatic carbocycles. The van der Waals surface area contributed by atoms with Crippen molar-refractivity contribution in [1.82, 2.24) is 0 Å². The van der Waals surface area contributed by atoms with Gasteiger partial charge in [-0.05, 0) is 60.4 Å². The lowest BCUT2D eigenvalue weighted by Gasteiger charge is -2.42. The zero-order valence-corrected chi connectivity index (χ0v) is 19.6. The number of carboxylic acids is 1. The monoisotopic (exact) mass is 486 g/mol. The van der Waals surface area contributed by atoms with Crippen LogP contribution in [0.25, 0.3) is 10.4 Å². The van der Waals surface area contributed by atoms with Crippen LogP contribution in [0.5, 0.6) is 0 Å². The number of halogens is 1. The number of carbonyl (C=O) groups is 1. The Morgan fingerprint density at radius 1 is 1.03 bits per heavy atom. The Balaban J connectivity index is 1.58. The summed E-state index contributed by atoms with van der Waals surface area (Å²) in [6.07, 6.45) is -5.99. The summed E-state index contributed by atoms with van der Waals surface area (Å²) in [6, 6.07) is 15.9. The van der Waals surface area contributed by atoms with E-state index in [2.05, 4.69) is 0 Å². The van der Waals surface area contributed by atoms with E-state index in [1.807, 2.05) is 31.2 Å². The predicted octanol–water partition coefficient (Wildman–Crippen LogP) is 3.70. The first-order valence-electron chi connectivity index (χ1n) is 11.0. The number of carboxylic acid groups (broad SMARTS) is 1. The minimum absolute atomic E-state index is 0.280. The van der Waals surface area contributed by atoms with Gasteiger partial charge in [-0.1, -0.05) is 30.3 Å². The van der Waals surface area contributed by atoms with Gasteiger partial charge in [0.15, 0.2) is 0 Å². The van der Waals surface area contributed by atoms with Gasteiger partial charge < -0.3 is 25.2 Å². The fraction of sp³-hybridized carbons (Fsp3) is 0.346. The molecule has 1 aromatic heterocycles. The fourth-order valence-corrected chi connectivity index (χ4v) is 5.26. The van der Waals surface area contributed by atoms with E-state index in [0.29, 0.717) is 12.0 Å². The number of aryl methyl sites for hydroxylation is 1. The summed E-state index contributed by atoms with van der Waals surface area (Å²) >= 11 is 1.60. The van der Waals surface area contributed by atoms with Gasteiger partial charge in [0.2, 0.25) is 0 Å². The van der Waals surface area contributed by atoms with Gasteiger partial charge in [-0.25, -0.2) is 4.39 Å². The number of benzene rings is 2. The fourth-order valence-electron chi connectivity index (χ4n) is 4.22. The molecule has 3 aromatic rings. The number of aliphatic hydroxyl groups excluding tert-OH is 3. The molecule has 34 heavy (non-hydrogen) atoms. The van der Waals surface area contributed by atoms with E-state index >= 15 is 0 Å². The van der Waals surface area contributed by atoms with Crippen molar-refractivity contribution in [3.63, 3.8) is 0 Å². The van der Waals surface area contributed by atoms with Gasteiger partial charge in [-0.3, -0.25) is 4.79 Å². The number of ether oxygens (including phenoxy) is 1. The normalized spacial score (nSPS) is 25.8. The highest BCUT2D eigenvalue weighted by atomic mass is 32.1. The van der Waals surface area contributed by atoms with Crippen LogP contribution in [-0.2, 0) is 16.0 Å². The molecule has 180 valence electrons. The highest BCUT2D eigenvalue weighted by Gasteiger charge is 2.47. The zero-order valence-electron chi connectivity index (χ0n) is 18.8. The van der Waals surface area contributed by atoms with Crippen LogP contribution in [0.15, 0.2) is 54.6 Å². The van der Waals surface area contributed by atoms with Crippen molar-refractivity contribution in [2.75, 3.05) is 0 Å². The third-order valence-electron chi connectivity index (χ3n) is 6.39. The Morgan fingerprint density at radius 2 is 1.74 bits per heavy atom. The minimum atomic E-state index is -1.54. The van der Waals surface area contributed by atoms with Crippen LogP contribution >= 0.6 is 11.3 Å². The average Bonchev–Trinajstić information content (AvgIpc) is 3.28. The van der Waals surface area contributed by atoms with E-state index in [0.717, 1.165) is 26.4 Å². The molecule has 1 aliphatic heterocycles. The molecule has 2 heterocycles. The second kappa shape index (κ2) is 9.93. The van der Waals surface area contributed by atoms with Crippen LogP contribution in [0.2, 0.25) is 0 Å². The van der Waals surface area contributed by atoms with E-state index in [-0.39, 0.29) is 5.82 Å². The van der Waals surface area contributed by atoms with E-state index in [1.165, 1.54) is 19.1 Å². The predicted molar refractivity (Wildman–Crippen MR) is 126 cm³/mol. The molecular formula is C26H27FO6S. The maximum atomic E-state index is 13.2. The van der Waals surface area contributed by atoms with Gasteiger partial charge in [0.05, 0.1) is 12.0 Å². The Hall–Kier alpha value is -2.62. The smallest absolute Gasteiger partial charge is 0.308 e. The number of rotatable bonds is 6. The Bertz CT molecular complexity index is 1160. The lowest BCUT2D eigenvalue weighted by Crippen LogP contribution is -2.57. The van der Waals surface area contributed by atoms with Gasteiger partial charge in [-0.2, -0.15) is 0 Å². The van der Waals surface area contributed by atoms with Crippen molar-refractivity contribution in [2.45, 2.75) is 50.8 Å². The van der Waals surface area contributed by atoms with Crippen LogP contribution in [-0.4, -0.2) is 50.8 Å². The third-order valence-corrected chi connectivity index (χ3v) is 7.52. The van der Waals surface area contributed by atoms with Crippen LogP contribution in [0.3, 0.4) is 0 Å². The maximum Gasteiger partial charge on any atom is 0.308 e. The second-order valence-corrected chi connectivity index (χ2v) is 9.92. The summed E-state index contributed by atoms with van der Waals surface area (Å²) in [5.41, 5.74) is 3.55. The summed E-state index contributed by atoms with van der Waals surface area (Å²) in [5, 5.41) is 40.6. The number of hydrogen-bond donors (Lipinski definition) is 4. The molecule has 1 saturated heterocycles. The zero-order chi connectivity index (χ0) is 24.6. The lowest BCUT2D eigenvalue weighted by atomic mass is 9.85. The highest BCUT2D eigenvalue weighted by Crippen LogP contribution is 2.36.